The van der Waals surface area contributed by atoms with Crippen LogP contribution in [0.5, 0.6) is 0 Å². The highest BCUT2D eigenvalue weighted by molar-refractivity contribution is 5.82. The van der Waals surface area contributed by atoms with Gasteiger partial charge in [0.2, 0.25) is 11.9 Å². The van der Waals surface area contributed by atoms with E-state index in [-0.39, 0.29) is 24.5 Å². The molecular weight excluding hydrogens is 435 g/mol. The molecule has 4 heterocycles. The summed E-state index contributed by atoms with van der Waals surface area (Å²) in [5.41, 5.74) is 0.641. The molecule has 0 bridgehead atoms. The Labute approximate surface area is 189 Å². The molecule has 0 aliphatic carbocycles. The number of nitrogens with zero attached hydrogens (tertiary/aromatic N) is 4. The number of rotatable bonds is 4. The molecule has 7 nitrogen and oxygen atoms in total. The van der Waals surface area contributed by atoms with Gasteiger partial charge in [-0.1, -0.05) is 0 Å². The Morgan fingerprint density at radius 3 is 2.76 bits per heavy atom. The van der Waals surface area contributed by atoms with Crippen LogP contribution in [0.25, 0.3) is 0 Å². The molecule has 1 aromatic heterocycles. The fraction of sp³-hybridized carbons (Fsp3) is 0.522. The van der Waals surface area contributed by atoms with Gasteiger partial charge in [0, 0.05) is 50.9 Å². The molecule has 3 aliphatic heterocycles. The van der Waals surface area contributed by atoms with Gasteiger partial charge >= 0.3 is 6.18 Å². The standard InChI is InChI=1S/C23H26F3N5O2/c24-23(25,26)16-4-5-19-15(11-16)12-18(21(32)29-13-17-3-1-10-33-17)20-14-30(8-9-31(19)20)22-27-6-2-7-28-22/h2,4-7,11,17-18,20H,1,3,8-10,12-14H2,(H,29,32)/t17-,18+,20-/m0/s1. The number of piperazine rings is 1. The number of aromatic nitrogens is 2. The third kappa shape index (κ3) is 4.48. The highest BCUT2D eigenvalue weighted by Gasteiger charge is 2.43. The van der Waals surface area contributed by atoms with Gasteiger partial charge in [-0.15, -0.1) is 0 Å². The molecule has 33 heavy (non-hydrogen) atoms. The minimum atomic E-state index is -4.42. The highest BCUT2D eigenvalue weighted by atomic mass is 19.4. The van der Waals surface area contributed by atoms with Crippen molar-refractivity contribution in [3.05, 3.63) is 47.8 Å². The van der Waals surface area contributed by atoms with Gasteiger partial charge in [0.25, 0.3) is 0 Å². The first kappa shape index (κ1) is 21.9. The molecule has 2 saturated heterocycles. The van der Waals surface area contributed by atoms with Crippen molar-refractivity contribution in [1.82, 2.24) is 15.3 Å². The Kier molecular flexibility index (Phi) is 5.86. The lowest BCUT2D eigenvalue weighted by Gasteiger charge is -2.49. The molecule has 2 fully saturated rings. The summed E-state index contributed by atoms with van der Waals surface area (Å²) < 4.78 is 45.7. The van der Waals surface area contributed by atoms with Crippen LogP contribution in [-0.2, 0) is 22.1 Å². The number of halogens is 3. The topological polar surface area (TPSA) is 70.6 Å². The van der Waals surface area contributed by atoms with Crippen LogP contribution in [0.2, 0.25) is 0 Å². The average molecular weight is 461 g/mol. The third-order valence-electron chi connectivity index (χ3n) is 6.74. The highest BCUT2D eigenvalue weighted by Crippen LogP contribution is 2.40. The number of fused-ring (bicyclic) bond motifs is 3. The van der Waals surface area contributed by atoms with Gasteiger partial charge in [-0.25, -0.2) is 9.97 Å². The van der Waals surface area contributed by atoms with Gasteiger partial charge in [0.05, 0.1) is 23.6 Å². The van der Waals surface area contributed by atoms with Crippen LogP contribution in [0.1, 0.15) is 24.0 Å². The fourth-order valence-electron chi connectivity index (χ4n) is 5.09. The molecule has 1 amide bonds. The number of anilines is 2. The fourth-order valence-corrected chi connectivity index (χ4v) is 5.09. The number of alkyl halides is 3. The van der Waals surface area contributed by atoms with Gasteiger partial charge < -0.3 is 19.9 Å². The Balaban J connectivity index is 1.42. The molecule has 0 unspecified atom stereocenters. The van der Waals surface area contributed by atoms with Crippen LogP contribution in [-0.4, -0.2) is 60.8 Å². The first-order chi connectivity index (χ1) is 15.9. The quantitative estimate of drug-likeness (QED) is 0.755. The molecular formula is C23H26F3N5O2. The van der Waals surface area contributed by atoms with Crippen molar-refractivity contribution in [3.8, 4) is 0 Å². The molecule has 3 atom stereocenters. The minimum Gasteiger partial charge on any atom is -0.376 e. The van der Waals surface area contributed by atoms with Crippen molar-refractivity contribution in [2.24, 2.45) is 5.92 Å². The van der Waals surface area contributed by atoms with Gasteiger partial charge in [-0.3, -0.25) is 4.79 Å². The number of benzene rings is 1. The first-order valence-electron chi connectivity index (χ1n) is 11.3. The molecule has 0 spiro atoms. The average Bonchev–Trinajstić information content (AvgIpc) is 3.35. The molecule has 10 heteroatoms. The van der Waals surface area contributed by atoms with E-state index < -0.39 is 17.7 Å². The Morgan fingerprint density at radius 1 is 1.21 bits per heavy atom. The predicted molar refractivity (Wildman–Crippen MR) is 116 cm³/mol. The lowest BCUT2D eigenvalue weighted by molar-refractivity contribution is -0.137. The van der Waals surface area contributed by atoms with Crippen LogP contribution >= 0.6 is 0 Å². The van der Waals surface area contributed by atoms with Crippen LogP contribution < -0.4 is 15.1 Å². The van der Waals surface area contributed by atoms with E-state index in [1.54, 1.807) is 24.5 Å². The van der Waals surface area contributed by atoms with E-state index in [4.69, 9.17) is 4.74 Å². The largest absolute Gasteiger partial charge is 0.416 e. The van der Waals surface area contributed by atoms with Crippen molar-refractivity contribution in [2.75, 3.05) is 42.6 Å². The van der Waals surface area contributed by atoms with Crippen molar-refractivity contribution < 1.29 is 22.7 Å². The van der Waals surface area contributed by atoms with Crippen molar-refractivity contribution in [2.45, 2.75) is 37.6 Å². The third-order valence-corrected chi connectivity index (χ3v) is 6.74. The van der Waals surface area contributed by atoms with E-state index in [1.165, 1.54) is 6.07 Å². The molecule has 0 saturated carbocycles. The van der Waals surface area contributed by atoms with Gasteiger partial charge in [0.15, 0.2) is 0 Å². The molecule has 1 aromatic carbocycles. The molecule has 176 valence electrons. The lowest BCUT2D eigenvalue weighted by Crippen LogP contribution is -2.61. The maximum absolute atomic E-state index is 13.4. The van der Waals surface area contributed by atoms with Crippen molar-refractivity contribution in [3.63, 3.8) is 0 Å². The van der Waals surface area contributed by atoms with E-state index in [0.29, 0.717) is 44.3 Å². The van der Waals surface area contributed by atoms with Gasteiger partial charge in [-0.05, 0) is 49.1 Å². The Hall–Kier alpha value is -2.88. The number of amides is 1. The number of ether oxygens (including phenoxy) is 1. The summed E-state index contributed by atoms with van der Waals surface area (Å²) in [6.07, 6.45) is 1.05. The van der Waals surface area contributed by atoms with E-state index >= 15 is 0 Å². The number of carbonyl (C=O) groups is 1. The maximum Gasteiger partial charge on any atom is 0.416 e. The lowest BCUT2D eigenvalue weighted by atomic mass is 9.82. The van der Waals surface area contributed by atoms with Crippen LogP contribution in [0.4, 0.5) is 24.8 Å². The summed E-state index contributed by atoms with van der Waals surface area (Å²) in [5.74, 6) is -0.0535. The zero-order valence-electron chi connectivity index (χ0n) is 18.1. The SMILES string of the molecule is O=C(NC[C@@H]1CCCO1)[C@@H]1Cc2cc(C(F)(F)F)ccc2N2CCN(c3ncccn3)C[C@@H]12. The number of hydrogen-bond donors (Lipinski definition) is 1. The van der Waals surface area contributed by atoms with Crippen LogP contribution in [0.15, 0.2) is 36.7 Å². The zero-order chi connectivity index (χ0) is 23.0. The molecule has 5 rings (SSSR count). The van der Waals surface area contributed by atoms with Crippen LogP contribution in [0, 0.1) is 5.92 Å². The molecule has 0 radical (unpaired) electrons. The summed E-state index contributed by atoms with van der Waals surface area (Å²) in [4.78, 5) is 26.1. The summed E-state index contributed by atoms with van der Waals surface area (Å²) in [6.45, 7) is 2.81. The summed E-state index contributed by atoms with van der Waals surface area (Å²) in [7, 11) is 0. The first-order valence-corrected chi connectivity index (χ1v) is 11.3. The number of carbonyl (C=O) groups excluding carboxylic acids is 1. The molecule has 1 N–H and O–H groups in total. The minimum absolute atomic E-state index is 0.00154. The summed E-state index contributed by atoms with van der Waals surface area (Å²) >= 11 is 0. The number of hydrogen-bond acceptors (Lipinski definition) is 6. The molecule has 2 aromatic rings. The van der Waals surface area contributed by atoms with E-state index in [2.05, 4.69) is 20.2 Å². The van der Waals surface area contributed by atoms with E-state index in [1.807, 2.05) is 4.90 Å². The molecule has 3 aliphatic rings. The second-order valence-electron chi connectivity index (χ2n) is 8.79. The van der Waals surface area contributed by atoms with E-state index in [0.717, 1.165) is 24.6 Å². The maximum atomic E-state index is 13.4. The monoisotopic (exact) mass is 461 g/mol. The Bertz CT molecular complexity index is 997. The number of nitrogens with one attached hydrogen (secondary N) is 1. The van der Waals surface area contributed by atoms with Gasteiger partial charge in [-0.2, -0.15) is 13.2 Å². The van der Waals surface area contributed by atoms with Gasteiger partial charge in [0.1, 0.15) is 0 Å². The summed E-state index contributed by atoms with van der Waals surface area (Å²) in [5, 5.41) is 3.00. The van der Waals surface area contributed by atoms with Crippen LogP contribution in [0.3, 0.4) is 0 Å². The van der Waals surface area contributed by atoms with Crippen molar-refractivity contribution in [1.29, 1.82) is 0 Å². The Morgan fingerprint density at radius 2 is 2.03 bits per heavy atom. The van der Waals surface area contributed by atoms with E-state index in [9.17, 15) is 18.0 Å². The van der Waals surface area contributed by atoms with Crippen molar-refractivity contribution >= 4 is 17.5 Å². The summed E-state index contributed by atoms with van der Waals surface area (Å²) in [6, 6.07) is 5.41. The smallest absolute Gasteiger partial charge is 0.376 e. The second-order valence-corrected chi connectivity index (χ2v) is 8.79. The normalized spacial score (nSPS) is 24.9. The zero-order valence-corrected chi connectivity index (χ0v) is 18.1. The second kappa shape index (κ2) is 8.81. The predicted octanol–water partition coefficient (Wildman–Crippen LogP) is 2.66.